The number of carbonyl (C=O) groups excluding carboxylic acids is 1. The van der Waals surface area contributed by atoms with Crippen molar-refractivity contribution in [1.29, 1.82) is 0 Å². The van der Waals surface area contributed by atoms with Crippen LogP contribution in [0.4, 0.5) is 15.8 Å². The second-order valence-corrected chi connectivity index (χ2v) is 6.53. The fourth-order valence-electron chi connectivity index (χ4n) is 3.31. The van der Waals surface area contributed by atoms with E-state index >= 15 is 0 Å². The number of rotatable bonds is 5. The molecular weight excluding hydrogens is 317 g/mol. The molecule has 1 aliphatic rings. The molecule has 4 nitrogen and oxygen atoms in total. The molecular formula is C20H24FN3O. The van der Waals surface area contributed by atoms with Crippen LogP contribution in [0.1, 0.15) is 24.8 Å². The standard InChI is InChI=1S/C20H24FN3O/c21-16-6-3-8-18(13-16)24-12-4-7-17(14-24)23-20(25)11-10-15-5-1-2-9-19(15)22/h1-3,5-6,8-9,13,17H,4,7,10-12,14,22H2,(H,23,25). The quantitative estimate of drug-likeness (QED) is 0.822. The van der Waals surface area contributed by atoms with Crippen LogP contribution in [0.2, 0.25) is 0 Å². The molecule has 2 aromatic carbocycles. The minimum absolute atomic E-state index is 0.0364. The molecule has 1 heterocycles. The third-order valence-corrected chi connectivity index (χ3v) is 4.64. The first-order valence-electron chi connectivity index (χ1n) is 8.75. The number of nitrogens with two attached hydrogens (primary N) is 1. The molecule has 0 bridgehead atoms. The summed E-state index contributed by atoms with van der Waals surface area (Å²) in [5.41, 5.74) is 8.52. The summed E-state index contributed by atoms with van der Waals surface area (Å²) < 4.78 is 13.4. The van der Waals surface area contributed by atoms with E-state index in [1.54, 1.807) is 12.1 Å². The van der Waals surface area contributed by atoms with Gasteiger partial charge in [-0.2, -0.15) is 0 Å². The van der Waals surface area contributed by atoms with E-state index in [-0.39, 0.29) is 17.8 Å². The van der Waals surface area contributed by atoms with E-state index in [0.717, 1.165) is 36.3 Å². The molecule has 132 valence electrons. The molecule has 1 fully saturated rings. The summed E-state index contributed by atoms with van der Waals surface area (Å²) in [5, 5.41) is 3.11. The largest absolute Gasteiger partial charge is 0.399 e. The highest BCUT2D eigenvalue weighted by Gasteiger charge is 2.21. The number of piperidine rings is 1. The fraction of sp³-hybridized carbons (Fsp3) is 0.350. The summed E-state index contributed by atoms with van der Waals surface area (Å²) in [6.07, 6.45) is 2.99. The minimum Gasteiger partial charge on any atom is -0.399 e. The van der Waals surface area contributed by atoms with Gasteiger partial charge in [0.05, 0.1) is 0 Å². The van der Waals surface area contributed by atoms with Gasteiger partial charge in [-0.25, -0.2) is 4.39 Å². The average molecular weight is 341 g/mol. The first-order chi connectivity index (χ1) is 12.1. The summed E-state index contributed by atoms with van der Waals surface area (Å²) in [5.74, 6) is -0.196. The van der Waals surface area contributed by atoms with Crippen molar-refractivity contribution in [1.82, 2.24) is 5.32 Å². The number of nitrogens with zero attached hydrogens (tertiary/aromatic N) is 1. The molecule has 1 unspecified atom stereocenters. The molecule has 2 aromatic rings. The highest BCUT2D eigenvalue weighted by molar-refractivity contribution is 5.77. The maximum atomic E-state index is 13.4. The van der Waals surface area contributed by atoms with Crippen molar-refractivity contribution in [2.45, 2.75) is 31.7 Å². The number of nitrogens with one attached hydrogen (secondary N) is 1. The maximum absolute atomic E-state index is 13.4. The van der Waals surface area contributed by atoms with E-state index in [0.29, 0.717) is 19.4 Å². The van der Waals surface area contributed by atoms with Gasteiger partial charge in [-0.05, 0) is 49.1 Å². The first kappa shape index (κ1) is 17.3. The summed E-state index contributed by atoms with van der Waals surface area (Å²) in [6.45, 7) is 1.60. The van der Waals surface area contributed by atoms with E-state index in [1.807, 2.05) is 30.3 Å². The highest BCUT2D eigenvalue weighted by Crippen LogP contribution is 2.21. The lowest BCUT2D eigenvalue weighted by Crippen LogP contribution is -2.47. The van der Waals surface area contributed by atoms with E-state index in [9.17, 15) is 9.18 Å². The van der Waals surface area contributed by atoms with Crippen LogP contribution in [0.25, 0.3) is 0 Å². The summed E-state index contributed by atoms with van der Waals surface area (Å²) >= 11 is 0. The molecule has 3 rings (SSSR count). The van der Waals surface area contributed by atoms with Gasteiger partial charge in [-0.1, -0.05) is 24.3 Å². The first-order valence-corrected chi connectivity index (χ1v) is 8.75. The third-order valence-electron chi connectivity index (χ3n) is 4.64. The Labute approximate surface area is 147 Å². The lowest BCUT2D eigenvalue weighted by Gasteiger charge is -2.34. The van der Waals surface area contributed by atoms with Crippen LogP contribution in [0.3, 0.4) is 0 Å². The average Bonchev–Trinajstić information content (AvgIpc) is 2.61. The van der Waals surface area contributed by atoms with Gasteiger partial charge in [0.25, 0.3) is 0 Å². The van der Waals surface area contributed by atoms with Crippen molar-refractivity contribution in [3.8, 4) is 0 Å². The Morgan fingerprint density at radius 1 is 1.24 bits per heavy atom. The van der Waals surface area contributed by atoms with Gasteiger partial charge in [0.15, 0.2) is 0 Å². The number of hydrogen-bond acceptors (Lipinski definition) is 3. The Balaban J connectivity index is 1.52. The van der Waals surface area contributed by atoms with Crippen LogP contribution in [0.5, 0.6) is 0 Å². The number of aryl methyl sites for hydroxylation is 1. The Hall–Kier alpha value is -2.56. The molecule has 0 aliphatic carbocycles. The van der Waals surface area contributed by atoms with Gasteiger partial charge in [0.2, 0.25) is 5.91 Å². The number of benzene rings is 2. The highest BCUT2D eigenvalue weighted by atomic mass is 19.1. The Morgan fingerprint density at radius 2 is 2.08 bits per heavy atom. The van der Waals surface area contributed by atoms with Crippen LogP contribution in [0, 0.1) is 5.82 Å². The zero-order chi connectivity index (χ0) is 17.6. The van der Waals surface area contributed by atoms with Gasteiger partial charge in [0, 0.05) is 36.9 Å². The number of halogens is 1. The molecule has 0 spiro atoms. The van der Waals surface area contributed by atoms with Crippen LogP contribution < -0.4 is 16.0 Å². The van der Waals surface area contributed by atoms with Crippen molar-refractivity contribution in [2.24, 2.45) is 0 Å². The molecule has 5 heteroatoms. The fourth-order valence-corrected chi connectivity index (χ4v) is 3.31. The summed E-state index contributed by atoms with van der Waals surface area (Å²) in [4.78, 5) is 14.4. The van der Waals surface area contributed by atoms with E-state index in [4.69, 9.17) is 5.73 Å². The molecule has 1 atom stereocenters. The molecule has 0 radical (unpaired) electrons. The molecule has 1 amide bonds. The van der Waals surface area contributed by atoms with E-state index in [2.05, 4.69) is 10.2 Å². The summed E-state index contributed by atoms with van der Waals surface area (Å²) in [7, 11) is 0. The normalized spacial score (nSPS) is 17.3. The van der Waals surface area contributed by atoms with Crippen molar-refractivity contribution in [3.63, 3.8) is 0 Å². The van der Waals surface area contributed by atoms with Crippen molar-refractivity contribution < 1.29 is 9.18 Å². The summed E-state index contributed by atoms with van der Waals surface area (Å²) in [6, 6.07) is 14.3. The van der Waals surface area contributed by atoms with E-state index in [1.165, 1.54) is 6.07 Å². The number of anilines is 2. The third kappa shape index (κ3) is 4.72. The van der Waals surface area contributed by atoms with Crippen molar-refractivity contribution >= 4 is 17.3 Å². The Morgan fingerprint density at radius 3 is 2.88 bits per heavy atom. The van der Waals surface area contributed by atoms with Crippen LogP contribution in [-0.2, 0) is 11.2 Å². The molecule has 1 saturated heterocycles. The second-order valence-electron chi connectivity index (χ2n) is 6.53. The lowest BCUT2D eigenvalue weighted by molar-refractivity contribution is -0.121. The second kappa shape index (κ2) is 8.01. The van der Waals surface area contributed by atoms with Crippen LogP contribution >= 0.6 is 0 Å². The number of nitrogen functional groups attached to an aromatic ring is 1. The minimum atomic E-state index is -0.232. The van der Waals surface area contributed by atoms with Gasteiger partial charge in [-0.3, -0.25) is 4.79 Å². The maximum Gasteiger partial charge on any atom is 0.220 e. The smallest absolute Gasteiger partial charge is 0.220 e. The Bertz CT molecular complexity index is 734. The molecule has 3 N–H and O–H groups in total. The zero-order valence-corrected chi connectivity index (χ0v) is 14.2. The van der Waals surface area contributed by atoms with Crippen molar-refractivity contribution in [3.05, 3.63) is 59.9 Å². The number of amides is 1. The number of para-hydroxylation sites is 1. The number of hydrogen-bond donors (Lipinski definition) is 2. The zero-order valence-electron chi connectivity index (χ0n) is 14.2. The van der Waals surface area contributed by atoms with Gasteiger partial charge >= 0.3 is 0 Å². The predicted octanol–water partition coefficient (Wildman–Crippen LogP) is 3.13. The van der Waals surface area contributed by atoms with Crippen molar-refractivity contribution in [2.75, 3.05) is 23.7 Å². The molecule has 0 aromatic heterocycles. The van der Waals surface area contributed by atoms with E-state index < -0.39 is 0 Å². The monoisotopic (exact) mass is 341 g/mol. The van der Waals surface area contributed by atoms with Gasteiger partial charge < -0.3 is 16.0 Å². The Kier molecular flexibility index (Phi) is 5.53. The van der Waals surface area contributed by atoms with Crippen LogP contribution in [0.15, 0.2) is 48.5 Å². The van der Waals surface area contributed by atoms with Crippen LogP contribution in [-0.4, -0.2) is 25.0 Å². The SMILES string of the molecule is Nc1ccccc1CCC(=O)NC1CCCN(c2cccc(F)c2)C1. The number of carbonyl (C=O) groups is 1. The molecule has 0 saturated carbocycles. The van der Waals surface area contributed by atoms with Gasteiger partial charge in [-0.15, -0.1) is 0 Å². The lowest BCUT2D eigenvalue weighted by atomic mass is 10.0. The van der Waals surface area contributed by atoms with Gasteiger partial charge in [0.1, 0.15) is 5.82 Å². The predicted molar refractivity (Wildman–Crippen MR) is 99.0 cm³/mol. The molecule has 1 aliphatic heterocycles. The molecule has 25 heavy (non-hydrogen) atoms. The topological polar surface area (TPSA) is 58.4 Å².